The van der Waals surface area contributed by atoms with E-state index in [2.05, 4.69) is 10.6 Å². The molecule has 3 heteroatoms. The number of amides is 1. The van der Waals surface area contributed by atoms with Crippen LogP contribution in [0.3, 0.4) is 0 Å². The lowest BCUT2D eigenvalue weighted by Gasteiger charge is -2.06. The largest absolute Gasteiger partial charge is 0.352 e. The van der Waals surface area contributed by atoms with Gasteiger partial charge in [-0.1, -0.05) is 17.7 Å². The molecule has 0 atom stereocenters. The van der Waals surface area contributed by atoms with E-state index in [1.165, 1.54) is 18.4 Å². The SMILES string of the molecule is Cc1ccc(C(=O)NCCCNC2CC2)cc1. The molecule has 1 amide bonds. The zero-order valence-corrected chi connectivity index (χ0v) is 10.3. The van der Waals surface area contributed by atoms with Gasteiger partial charge in [0.05, 0.1) is 0 Å². The van der Waals surface area contributed by atoms with Gasteiger partial charge in [0.2, 0.25) is 0 Å². The van der Waals surface area contributed by atoms with E-state index in [-0.39, 0.29) is 5.91 Å². The molecular weight excluding hydrogens is 212 g/mol. The van der Waals surface area contributed by atoms with Crippen LogP contribution < -0.4 is 10.6 Å². The average Bonchev–Trinajstić information content (AvgIpc) is 3.13. The standard InChI is InChI=1S/C14H20N2O/c1-11-3-5-12(6-4-11)14(17)16-10-2-9-15-13-7-8-13/h3-6,13,15H,2,7-10H2,1H3,(H,16,17). The van der Waals surface area contributed by atoms with Gasteiger partial charge >= 0.3 is 0 Å². The lowest BCUT2D eigenvalue weighted by atomic mass is 10.1. The van der Waals surface area contributed by atoms with Gasteiger partial charge in [-0.15, -0.1) is 0 Å². The Hall–Kier alpha value is -1.35. The van der Waals surface area contributed by atoms with E-state index in [4.69, 9.17) is 0 Å². The highest BCUT2D eigenvalue weighted by atomic mass is 16.1. The summed E-state index contributed by atoms with van der Waals surface area (Å²) in [4.78, 5) is 11.7. The first-order valence-electron chi connectivity index (χ1n) is 6.34. The van der Waals surface area contributed by atoms with Crippen molar-refractivity contribution in [2.24, 2.45) is 0 Å². The van der Waals surface area contributed by atoms with Gasteiger partial charge < -0.3 is 10.6 Å². The Balaban J connectivity index is 1.64. The summed E-state index contributed by atoms with van der Waals surface area (Å²) in [6.07, 6.45) is 3.62. The van der Waals surface area contributed by atoms with E-state index in [0.29, 0.717) is 0 Å². The van der Waals surface area contributed by atoms with Gasteiger partial charge in [0.1, 0.15) is 0 Å². The Bertz CT molecular complexity index is 368. The van der Waals surface area contributed by atoms with Crippen molar-refractivity contribution >= 4 is 5.91 Å². The van der Waals surface area contributed by atoms with Crippen molar-refractivity contribution in [3.8, 4) is 0 Å². The highest BCUT2D eigenvalue weighted by Gasteiger charge is 2.19. The highest BCUT2D eigenvalue weighted by molar-refractivity contribution is 5.94. The minimum absolute atomic E-state index is 0.0245. The average molecular weight is 232 g/mol. The van der Waals surface area contributed by atoms with Crippen molar-refractivity contribution in [1.82, 2.24) is 10.6 Å². The molecule has 0 aliphatic heterocycles. The molecule has 2 rings (SSSR count). The molecule has 17 heavy (non-hydrogen) atoms. The van der Waals surface area contributed by atoms with Gasteiger partial charge in [-0.05, 0) is 44.9 Å². The first-order valence-corrected chi connectivity index (χ1v) is 6.34. The quantitative estimate of drug-likeness (QED) is 0.735. The molecule has 1 aliphatic carbocycles. The fourth-order valence-electron chi connectivity index (χ4n) is 1.69. The van der Waals surface area contributed by atoms with Crippen LogP contribution in [0.15, 0.2) is 24.3 Å². The second kappa shape index (κ2) is 5.82. The zero-order valence-electron chi connectivity index (χ0n) is 10.3. The molecule has 1 saturated carbocycles. The van der Waals surface area contributed by atoms with Crippen molar-refractivity contribution in [3.05, 3.63) is 35.4 Å². The summed E-state index contributed by atoms with van der Waals surface area (Å²) >= 11 is 0. The topological polar surface area (TPSA) is 41.1 Å². The van der Waals surface area contributed by atoms with Gasteiger partial charge in [0.25, 0.3) is 5.91 Å². The van der Waals surface area contributed by atoms with Crippen molar-refractivity contribution in [1.29, 1.82) is 0 Å². The Morgan fingerprint density at radius 3 is 2.59 bits per heavy atom. The molecular formula is C14H20N2O. The maximum absolute atomic E-state index is 11.7. The van der Waals surface area contributed by atoms with Crippen LogP contribution in [0.4, 0.5) is 0 Å². The van der Waals surface area contributed by atoms with Crippen molar-refractivity contribution < 1.29 is 4.79 Å². The highest BCUT2D eigenvalue weighted by Crippen LogP contribution is 2.18. The molecule has 0 aromatic heterocycles. The minimum Gasteiger partial charge on any atom is -0.352 e. The number of nitrogens with one attached hydrogen (secondary N) is 2. The van der Waals surface area contributed by atoms with Crippen LogP contribution >= 0.6 is 0 Å². The first kappa shape index (κ1) is 12.1. The molecule has 1 fully saturated rings. The number of rotatable bonds is 6. The predicted molar refractivity (Wildman–Crippen MR) is 69.2 cm³/mol. The summed E-state index contributed by atoms with van der Waals surface area (Å²) in [6.45, 7) is 3.76. The number of carbonyl (C=O) groups excluding carboxylic acids is 1. The van der Waals surface area contributed by atoms with E-state index >= 15 is 0 Å². The number of hydrogen-bond acceptors (Lipinski definition) is 2. The second-order valence-corrected chi connectivity index (χ2v) is 4.70. The molecule has 0 heterocycles. The monoisotopic (exact) mass is 232 g/mol. The van der Waals surface area contributed by atoms with Crippen molar-refractivity contribution in [2.75, 3.05) is 13.1 Å². The van der Waals surface area contributed by atoms with E-state index in [9.17, 15) is 4.79 Å². The summed E-state index contributed by atoms with van der Waals surface area (Å²) in [7, 11) is 0. The smallest absolute Gasteiger partial charge is 0.251 e. The summed E-state index contributed by atoms with van der Waals surface area (Å²) < 4.78 is 0. The van der Waals surface area contributed by atoms with Crippen LogP contribution in [-0.4, -0.2) is 25.0 Å². The molecule has 1 aliphatic rings. The molecule has 92 valence electrons. The summed E-state index contributed by atoms with van der Waals surface area (Å²) in [5.41, 5.74) is 1.92. The van der Waals surface area contributed by atoms with Gasteiger partial charge in [0.15, 0.2) is 0 Å². The lowest BCUT2D eigenvalue weighted by Crippen LogP contribution is -2.27. The van der Waals surface area contributed by atoms with Crippen LogP contribution in [-0.2, 0) is 0 Å². The third-order valence-electron chi connectivity index (χ3n) is 2.96. The molecule has 3 nitrogen and oxygen atoms in total. The van der Waals surface area contributed by atoms with Gasteiger partial charge in [-0.25, -0.2) is 0 Å². The molecule has 0 spiro atoms. The van der Waals surface area contributed by atoms with Gasteiger partial charge in [-0.2, -0.15) is 0 Å². The van der Waals surface area contributed by atoms with Crippen LogP contribution in [0.25, 0.3) is 0 Å². The lowest BCUT2D eigenvalue weighted by molar-refractivity contribution is 0.0953. The Morgan fingerprint density at radius 2 is 1.94 bits per heavy atom. The third-order valence-corrected chi connectivity index (χ3v) is 2.96. The summed E-state index contributed by atoms with van der Waals surface area (Å²) in [6, 6.07) is 8.41. The fourth-order valence-corrected chi connectivity index (χ4v) is 1.69. The van der Waals surface area contributed by atoms with Crippen LogP contribution in [0.1, 0.15) is 35.2 Å². The second-order valence-electron chi connectivity index (χ2n) is 4.70. The van der Waals surface area contributed by atoms with Gasteiger partial charge in [-0.3, -0.25) is 4.79 Å². The number of hydrogen-bond donors (Lipinski definition) is 2. The number of carbonyl (C=O) groups is 1. The van der Waals surface area contributed by atoms with E-state index in [1.807, 2.05) is 31.2 Å². The zero-order chi connectivity index (χ0) is 12.1. The Morgan fingerprint density at radius 1 is 1.24 bits per heavy atom. The van der Waals surface area contributed by atoms with E-state index in [1.54, 1.807) is 0 Å². The Kier molecular flexibility index (Phi) is 4.15. The van der Waals surface area contributed by atoms with Crippen molar-refractivity contribution in [3.63, 3.8) is 0 Å². The molecule has 0 saturated heterocycles. The third kappa shape index (κ3) is 4.19. The normalized spacial score (nSPS) is 14.6. The van der Waals surface area contributed by atoms with Crippen LogP contribution in [0, 0.1) is 6.92 Å². The van der Waals surface area contributed by atoms with Gasteiger partial charge in [0, 0.05) is 18.2 Å². The molecule has 2 N–H and O–H groups in total. The van der Waals surface area contributed by atoms with Crippen molar-refractivity contribution in [2.45, 2.75) is 32.2 Å². The fraction of sp³-hybridized carbons (Fsp3) is 0.500. The first-order chi connectivity index (χ1) is 8.25. The summed E-state index contributed by atoms with van der Waals surface area (Å²) in [5, 5.41) is 6.36. The maximum Gasteiger partial charge on any atom is 0.251 e. The summed E-state index contributed by atoms with van der Waals surface area (Å²) in [5.74, 6) is 0.0245. The molecule has 0 bridgehead atoms. The van der Waals surface area contributed by atoms with Crippen LogP contribution in [0.5, 0.6) is 0 Å². The van der Waals surface area contributed by atoms with E-state index in [0.717, 1.165) is 31.1 Å². The Labute approximate surface area is 103 Å². The predicted octanol–water partition coefficient (Wildman–Crippen LogP) is 1.87. The molecule has 0 unspecified atom stereocenters. The number of aryl methyl sites for hydroxylation is 1. The molecule has 0 radical (unpaired) electrons. The molecule has 1 aromatic rings. The molecule has 1 aromatic carbocycles. The van der Waals surface area contributed by atoms with E-state index < -0.39 is 0 Å². The maximum atomic E-state index is 11.7. The minimum atomic E-state index is 0.0245. The van der Waals surface area contributed by atoms with Crippen LogP contribution in [0.2, 0.25) is 0 Å². The number of benzene rings is 1.